The van der Waals surface area contributed by atoms with Crippen molar-refractivity contribution in [3.05, 3.63) is 0 Å². The number of hydrogen-bond donors (Lipinski definition) is 1. The van der Waals surface area contributed by atoms with Crippen molar-refractivity contribution in [2.75, 3.05) is 0 Å². The average Bonchev–Trinajstić information content (AvgIpc) is 1.61. The molecule has 0 aliphatic rings. The minimum atomic E-state index is -0.773. The molecule has 2 nitrogen and oxygen atoms in total. The molecule has 0 heterocycles. The summed E-state index contributed by atoms with van der Waals surface area (Å²) in [6.07, 6.45) is 1.23. The number of aliphatic carboxylic acids is 1. The van der Waals surface area contributed by atoms with E-state index in [4.69, 9.17) is 13.0 Å². The Morgan fingerprint density at radius 1 is 1.71 bits per heavy atom. The summed E-state index contributed by atoms with van der Waals surface area (Å²) in [6.45, 7) is 0. The molecule has 0 unspecified atom stereocenters. The normalized spacial score (nSPS) is 8.57. The van der Waals surface area contributed by atoms with Gasteiger partial charge in [0, 0.05) is 6.42 Å². The lowest BCUT2D eigenvalue weighted by Gasteiger charge is -1.85. The summed E-state index contributed by atoms with van der Waals surface area (Å²) in [4.78, 5) is 9.70. The van der Waals surface area contributed by atoms with Gasteiger partial charge in [-0.05, 0) is 0 Å². The van der Waals surface area contributed by atoms with E-state index in [2.05, 4.69) is 0 Å². The van der Waals surface area contributed by atoms with Crippen LogP contribution in [0.15, 0.2) is 0 Å². The van der Waals surface area contributed by atoms with Crippen molar-refractivity contribution in [2.24, 2.45) is 0 Å². The SMILES string of the molecule is [B]CCCC(=O)O. The highest BCUT2D eigenvalue weighted by Crippen LogP contribution is 1.89. The van der Waals surface area contributed by atoms with Gasteiger partial charge < -0.3 is 5.11 Å². The Balaban J connectivity index is 2.82. The van der Waals surface area contributed by atoms with E-state index in [1.54, 1.807) is 0 Å². The molecule has 7 heavy (non-hydrogen) atoms. The first kappa shape index (κ1) is 6.53. The topological polar surface area (TPSA) is 37.3 Å². The highest BCUT2D eigenvalue weighted by atomic mass is 16.4. The van der Waals surface area contributed by atoms with Crippen LogP contribution in [0.1, 0.15) is 12.8 Å². The summed E-state index contributed by atoms with van der Waals surface area (Å²) < 4.78 is 0. The van der Waals surface area contributed by atoms with Crippen LogP contribution in [-0.4, -0.2) is 18.9 Å². The van der Waals surface area contributed by atoms with Crippen molar-refractivity contribution >= 4 is 13.8 Å². The molecule has 0 bridgehead atoms. The lowest BCUT2D eigenvalue weighted by atomic mass is 10.0. The second-order valence-electron chi connectivity index (χ2n) is 1.29. The van der Waals surface area contributed by atoms with Gasteiger partial charge in [-0.15, -0.1) is 0 Å². The number of hydrogen-bond acceptors (Lipinski definition) is 1. The average molecular weight is 97.9 g/mol. The Bertz CT molecular complexity index is 62.7. The van der Waals surface area contributed by atoms with Gasteiger partial charge in [0.1, 0.15) is 0 Å². The molecular formula is C4H7BO2. The van der Waals surface area contributed by atoms with Crippen molar-refractivity contribution < 1.29 is 9.90 Å². The van der Waals surface area contributed by atoms with Crippen LogP contribution in [0.4, 0.5) is 0 Å². The van der Waals surface area contributed by atoms with E-state index in [9.17, 15) is 4.79 Å². The summed E-state index contributed by atoms with van der Waals surface area (Å²) in [5, 5.41) is 7.99. The number of carbonyl (C=O) groups is 1. The van der Waals surface area contributed by atoms with Crippen LogP contribution in [0.25, 0.3) is 0 Å². The number of carboxylic acids is 1. The fourth-order valence-electron chi connectivity index (χ4n) is 0.253. The molecule has 0 rings (SSSR count). The van der Waals surface area contributed by atoms with E-state index in [1.165, 1.54) is 0 Å². The Labute approximate surface area is 43.9 Å². The second-order valence-corrected chi connectivity index (χ2v) is 1.29. The summed E-state index contributed by atoms with van der Waals surface area (Å²) in [5.74, 6) is -0.773. The van der Waals surface area contributed by atoms with E-state index in [1.807, 2.05) is 0 Å². The van der Waals surface area contributed by atoms with Crippen molar-refractivity contribution in [1.82, 2.24) is 0 Å². The molecule has 0 saturated heterocycles. The van der Waals surface area contributed by atoms with E-state index in [0.717, 1.165) is 0 Å². The Morgan fingerprint density at radius 3 is 2.43 bits per heavy atom. The maximum Gasteiger partial charge on any atom is 0.303 e. The molecule has 0 aromatic rings. The first-order valence-electron chi connectivity index (χ1n) is 2.19. The highest BCUT2D eigenvalue weighted by Gasteiger charge is 1.90. The highest BCUT2D eigenvalue weighted by molar-refractivity contribution is 6.08. The molecule has 0 fully saturated rings. The number of carboxylic acid groups (broad SMARTS) is 1. The molecule has 2 radical (unpaired) electrons. The summed E-state index contributed by atoms with van der Waals surface area (Å²) in [7, 11) is 5.01. The predicted molar refractivity (Wildman–Crippen MR) is 27.4 cm³/mol. The Morgan fingerprint density at radius 2 is 2.29 bits per heavy atom. The van der Waals surface area contributed by atoms with E-state index in [0.29, 0.717) is 12.7 Å². The van der Waals surface area contributed by atoms with Gasteiger partial charge in [0.15, 0.2) is 0 Å². The maximum atomic E-state index is 9.70. The Kier molecular flexibility index (Phi) is 3.47. The smallest absolute Gasteiger partial charge is 0.303 e. The minimum Gasteiger partial charge on any atom is -0.481 e. The third kappa shape index (κ3) is 5.53. The zero-order valence-electron chi connectivity index (χ0n) is 4.05. The van der Waals surface area contributed by atoms with Gasteiger partial charge in [-0.3, -0.25) is 4.79 Å². The predicted octanol–water partition coefficient (Wildman–Crippen LogP) is 0.438. The fourth-order valence-corrected chi connectivity index (χ4v) is 0.253. The zero-order valence-corrected chi connectivity index (χ0v) is 4.05. The standard InChI is InChI=1S/C4H7BO2/c5-3-1-2-4(6)7/h1-3H2,(H,6,7). The van der Waals surface area contributed by atoms with Gasteiger partial charge in [0.2, 0.25) is 0 Å². The van der Waals surface area contributed by atoms with E-state index in [-0.39, 0.29) is 6.42 Å². The molecule has 0 aliphatic carbocycles. The molecule has 0 aromatic heterocycles. The molecule has 0 aromatic carbocycles. The summed E-state index contributed by atoms with van der Waals surface area (Å²) >= 11 is 0. The molecule has 0 amide bonds. The van der Waals surface area contributed by atoms with Crippen molar-refractivity contribution in [3.63, 3.8) is 0 Å². The van der Waals surface area contributed by atoms with E-state index < -0.39 is 5.97 Å². The fraction of sp³-hybridized carbons (Fsp3) is 0.750. The lowest BCUT2D eigenvalue weighted by molar-refractivity contribution is -0.137. The number of rotatable bonds is 3. The van der Waals surface area contributed by atoms with Crippen LogP contribution in [-0.2, 0) is 4.79 Å². The molecule has 0 saturated carbocycles. The first-order chi connectivity index (χ1) is 3.27. The summed E-state index contributed by atoms with van der Waals surface area (Å²) in [5.41, 5.74) is 0. The van der Waals surface area contributed by atoms with Gasteiger partial charge in [0.05, 0.1) is 7.85 Å². The molecular weight excluding hydrogens is 90.9 g/mol. The van der Waals surface area contributed by atoms with Crippen LogP contribution in [0.2, 0.25) is 6.32 Å². The second kappa shape index (κ2) is 3.72. The van der Waals surface area contributed by atoms with Crippen LogP contribution in [0.3, 0.4) is 0 Å². The van der Waals surface area contributed by atoms with Crippen molar-refractivity contribution in [2.45, 2.75) is 19.2 Å². The van der Waals surface area contributed by atoms with Crippen LogP contribution in [0, 0.1) is 0 Å². The third-order valence-electron chi connectivity index (χ3n) is 0.595. The Hall–Kier alpha value is -0.465. The molecule has 0 aliphatic heterocycles. The van der Waals surface area contributed by atoms with Gasteiger partial charge >= 0.3 is 5.97 Å². The van der Waals surface area contributed by atoms with E-state index >= 15 is 0 Å². The van der Waals surface area contributed by atoms with Crippen molar-refractivity contribution in [1.29, 1.82) is 0 Å². The minimum absolute atomic E-state index is 0.191. The van der Waals surface area contributed by atoms with Crippen LogP contribution < -0.4 is 0 Å². The first-order valence-corrected chi connectivity index (χ1v) is 2.19. The molecule has 0 atom stereocenters. The maximum absolute atomic E-state index is 9.70. The van der Waals surface area contributed by atoms with Crippen molar-refractivity contribution in [3.8, 4) is 0 Å². The quantitative estimate of drug-likeness (QED) is 0.520. The van der Waals surface area contributed by atoms with Crippen LogP contribution >= 0.6 is 0 Å². The molecule has 38 valence electrons. The van der Waals surface area contributed by atoms with Gasteiger partial charge in [-0.2, -0.15) is 0 Å². The monoisotopic (exact) mass is 98.1 g/mol. The molecule has 1 N–H and O–H groups in total. The van der Waals surface area contributed by atoms with Gasteiger partial charge in [-0.1, -0.05) is 12.7 Å². The summed E-state index contributed by atoms with van der Waals surface area (Å²) in [6, 6.07) is 0. The zero-order chi connectivity index (χ0) is 5.70. The molecule has 0 spiro atoms. The van der Waals surface area contributed by atoms with Gasteiger partial charge in [-0.25, -0.2) is 0 Å². The third-order valence-corrected chi connectivity index (χ3v) is 0.595. The van der Waals surface area contributed by atoms with Gasteiger partial charge in [0.25, 0.3) is 0 Å². The molecule has 3 heteroatoms. The lowest BCUT2D eigenvalue weighted by Crippen LogP contribution is -1.92. The van der Waals surface area contributed by atoms with Crippen LogP contribution in [0.5, 0.6) is 0 Å². The largest absolute Gasteiger partial charge is 0.481 e.